The number of anilines is 2. The summed E-state index contributed by atoms with van der Waals surface area (Å²) in [5, 5.41) is 0. The Morgan fingerprint density at radius 3 is 2.59 bits per heavy atom. The molecule has 1 heterocycles. The predicted molar refractivity (Wildman–Crippen MR) is 85.4 cm³/mol. The van der Waals surface area contributed by atoms with Crippen molar-refractivity contribution in [2.45, 2.75) is 39.3 Å². The van der Waals surface area contributed by atoms with Gasteiger partial charge in [0, 0.05) is 31.4 Å². The summed E-state index contributed by atoms with van der Waals surface area (Å²) in [5.74, 6) is -0.335. The highest BCUT2D eigenvalue weighted by atomic mass is 19.1. The zero-order valence-electron chi connectivity index (χ0n) is 13.6. The van der Waals surface area contributed by atoms with E-state index in [9.17, 15) is 9.18 Å². The van der Waals surface area contributed by atoms with Gasteiger partial charge in [0.1, 0.15) is 11.4 Å². The van der Waals surface area contributed by atoms with E-state index in [0.29, 0.717) is 31.0 Å². The zero-order chi connectivity index (χ0) is 16.5. The second kappa shape index (κ2) is 6.02. The van der Waals surface area contributed by atoms with Crippen LogP contribution in [0.4, 0.5) is 20.6 Å². The van der Waals surface area contributed by atoms with Crippen LogP contribution in [0.25, 0.3) is 0 Å². The number of hydrogen-bond donors (Lipinski definition) is 1. The first-order valence-electron chi connectivity index (χ1n) is 7.47. The Morgan fingerprint density at radius 2 is 2.05 bits per heavy atom. The average Bonchev–Trinajstić information content (AvgIpc) is 2.36. The number of carbonyl (C=O) groups excluding carboxylic acids is 1. The maximum atomic E-state index is 14.0. The molecule has 0 spiro atoms. The molecule has 2 rings (SSSR count). The Bertz CT molecular complexity index is 557. The van der Waals surface area contributed by atoms with Crippen LogP contribution < -0.4 is 10.6 Å². The number of nitrogens with two attached hydrogens (primary N) is 1. The van der Waals surface area contributed by atoms with Crippen LogP contribution in [0.2, 0.25) is 0 Å². The molecule has 1 aromatic rings. The van der Waals surface area contributed by atoms with Crippen molar-refractivity contribution in [1.82, 2.24) is 4.90 Å². The summed E-state index contributed by atoms with van der Waals surface area (Å²) in [7, 11) is 0. The topological polar surface area (TPSA) is 58.8 Å². The van der Waals surface area contributed by atoms with Crippen LogP contribution in [0.15, 0.2) is 18.2 Å². The maximum absolute atomic E-state index is 14.0. The molecule has 0 bridgehead atoms. The number of hydrogen-bond acceptors (Lipinski definition) is 4. The minimum atomic E-state index is -0.517. The van der Waals surface area contributed by atoms with Crippen molar-refractivity contribution in [2.75, 3.05) is 30.3 Å². The average molecular weight is 309 g/mol. The Kier molecular flexibility index (Phi) is 4.49. The SMILES string of the molecule is C[C@@H]1CN(c2ccc(N)cc2F)CCN1C(=O)OC(C)(C)C. The third-order valence-electron chi connectivity index (χ3n) is 3.57. The molecule has 2 N–H and O–H groups in total. The van der Waals surface area contributed by atoms with Crippen LogP contribution in [0.1, 0.15) is 27.7 Å². The molecular formula is C16H24FN3O2. The van der Waals surface area contributed by atoms with Gasteiger partial charge in [0.05, 0.1) is 5.69 Å². The molecule has 1 aliphatic rings. The Hall–Kier alpha value is -1.98. The van der Waals surface area contributed by atoms with Gasteiger partial charge in [-0.05, 0) is 45.9 Å². The standard InChI is InChI=1S/C16H24FN3O2/c1-11-10-19(14-6-5-12(18)9-13(14)17)7-8-20(11)15(21)22-16(2,3)4/h5-6,9,11H,7-8,10,18H2,1-4H3/t11-/m1/s1. The van der Waals surface area contributed by atoms with E-state index in [1.807, 2.05) is 32.6 Å². The minimum absolute atomic E-state index is 0.0550. The van der Waals surface area contributed by atoms with E-state index in [1.54, 1.807) is 17.0 Å². The first kappa shape index (κ1) is 16.4. The quantitative estimate of drug-likeness (QED) is 0.810. The smallest absolute Gasteiger partial charge is 0.410 e. The summed E-state index contributed by atoms with van der Waals surface area (Å²) in [6.45, 7) is 9.08. The van der Waals surface area contributed by atoms with E-state index < -0.39 is 5.60 Å². The lowest BCUT2D eigenvalue weighted by Gasteiger charge is -2.41. The normalized spacial score (nSPS) is 19.2. The van der Waals surface area contributed by atoms with Gasteiger partial charge in [-0.25, -0.2) is 9.18 Å². The van der Waals surface area contributed by atoms with Crippen molar-refractivity contribution in [2.24, 2.45) is 0 Å². The van der Waals surface area contributed by atoms with Crippen LogP contribution in [-0.2, 0) is 4.74 Å². The maximum Gasteiger partial charge on any atom is 0.410 e. The summed E-state index contributed by atoms with van der Waals surface area (Å²) in [6.07, 6.45) is -0.322. The highest BCUT2D eigenvalue weighted by molar-refractivity contribution is 5.69. The van der Waals surface area contributed by atoms with Gasteiger partial charge in [0.25, 0.3) is 0 Å². The molecule has 1 fully saturated rings. The molecule has 1 saturated heterocycles. The summed E-state index contributed by atoms with van der Waals surface area (Å²) in [6, 6.07) is 4.63. The van der Waals surface area contributed by atoms with Gasteiger partial charge >= 0.3 is 6.09 Å². The molecule has 22 heavy (non-hydrogen) atoms. The van der Waals surface area contributed by atoms with Gasteiger partial charge < -0.3 is 20.3 Å². The number of ether oxygens (including phenoxy) is 1. The first-order chi connectivity index (χ1) is 10.2. The van der Waals surface area contributed by atoms with Gasteiger partial charge in [-0.2, -0.15) is 0 Å². The van der Waals surface area contributed by atoms with E-state index >= 15 is 0 Å². The summed E-state index contributed by atoms with van der Waals surface area (Å²) < 4.78 is 19.4. The second-order valence-corrected chi connectivity index (χ2v) is 6.68. The van der Waals surface area contributed by atoms with E-state index in [4.69, 9.17) is 10.5 Å². The number of benzene rings is 1. The van der Waals surface area contributed by atoms with Crippen molar-refractivity contribution < 1.29 is 13.9 Å². The molecule has 0 aromatic heterocycles. The molecular weight excluding hydrogens is 285 g/mol. The fourth-order valence-electron chi connectivity index (χ4n) is 2.55. The molecule has 0 unspecified atom stereocenters. The molecule has 6 heteroatoms. The number of rotatable bonds is 1. The summed E-state index contributed by atoms with van der Waals surface area (Å²) >= 11 is 0. The molecule has 1 aliphatic heterocycles. The zero-order valence-corrected chi connectivity index (χ0v) is 13.6. The predicted octanol–water partition coefficient (Wildman–Crippen LogP) is 2.85. The largest absolute Gasteiger partial charge is 0.444 e. The third kappa shape index (κ3) is 3.81. The van der Waals surface area contributed by atoms with Crippen molar-refractivity contribution in [3.8, 4) is 0 Å². The molecule has 0 radical (unpaired) electrons. The number of carbonyl (C=O) groups is 1. The Morgan fingerprint density at radius 1 is 1.36 bits per heavy atom. The van der Waals surface area contributed by atoms with Crippen LogP contribution in [0.3, 0.4) is 0 Å². The fraction of sp³-hybridized carbons (Fsp3) is 0.562. The molecule has 0 aliphatic carbocycles. The lowest BCUT2D eigenvalue weighted by atomic mass is 10.1. The lowest BCUT2D eigenvalue weighted by molar-refractivity contribution is 0.0159. The summed E-state index contributed by atoms with van der Waals surface area (Å²) in [4.78, 5) is 15.8. The van der Waals surface area contributed by atoms with Gasteiger partial charge in [-0.3, -0.25) is 0 Å². The molecule has 1 aromatic carbocycles. The summed E-state index contributed by atoms with van der Waals surface area (Å²) in [5.41, 5.74) is 5.98. The minimum Gasteiger partial charge on any atom is -0.444 e. The van der Waals surface area contributed by atoms with Crippen LogP contribution in [0.5, 0.6) is 0 Å². The van der Waals surface area contributed by atoms with Crippen LogP contribution in [-0.4, -0.2) is 42.3 Å². The number of nitrogen functional groups attached to an aromatic ring is 1. The van der Waals surface area contributed by atoms with Crippen molar-refractivity contribution >= 4 is 17.5 Å². The van der Waals surface area contributed by atoms with E-state index in [-0.39, 0.29) is 18.0 Å². The molecule has 1 amide bonds. The van der Waals surface area contributed by atoms with E-state index in [0.717, 1.165) is 0 Å². The fourth-order valence-corrected chi connectivity index (χ4v) is 2.55. The monoisotopic (exact) mass is 309 g/mol. The lowest BCUT2D eigenvalue weighted by Crippen LogP contribution is -2.55. The van der Waals surface area contributed by atoms with E-state index in [2.05, 4.69) is 0 Å². The van der Waals surface area contributed by atoms with Crippen molar-refractivity contribution in [3.05, 3.63) is 24.0 Å². The number of piperazine rings is 1. The highest BCUT2D eigenvalue weighted by Crippen LogP contribution is 2.25. The van der Waals surface area contributed by atoms with E-state index in [1.165, 1.54) is 6.07 Å². The van der Waals surface area contributed by atoms with Gasteiger partial charge in [0.15, 0.2) is 0 Å². The van der Waals surface area contributed by atoms with Gasteiger partial charge in [0.2, 0.25) is 0 Å². The first-order valence-corrected chi connectivity index (χ1v) is 7.47. The van der Waals surface area contributed by atoms with Crippen LogP contribution >= 0.6 is 0 Å². The highest BCUT2D eigenvalue weighted by Gasteiger charge is 2.31. The number of halogens is 1. The molecule has 0 saturated carbocycles. The third-order valence-corrected chi connectivity index (χ3v) is 3.57. The number of amides is 1. The number of nitrogens with zero attached hydrogens (tertiary/aromatic N) is 2. The Labute approximate surface area is 130 Å². The second-order valence-electron chi connectivity index (χ2n) is 6.68. The Balaban J connectivity index is 2.05. The molecule has 1 atom stereocenters. The van der Waals surface area contributed by atoms with Gasteiger partial charge in [-0.15, -0.1) is 0 Å². The van der Waals surface area contributed by atoms with Crippen LogP contribution in [0, 0.1) is 5.82 Å². The molecule has 122 valence electrons. The molecule has 5 nitrogen and oxygen atoms in total. The van der Waals surface area contributed by atoms with Crippen molar-refractivity contribution in [1.29, 1.82) is 0 Å². The van der Waals surface area contributed by atoms with Gasteiger partial charge in [-0.1, -0.05) is 0 Å². The van der Waals surface area contributed by atoms with Crippen molar-refractivity contribution in [3.63, 3.8) is 0 Å².